The first-order chi connectivity index (χ1) is 8.69. The molecule has 1 aromatic heterocycles. The Labute approximate surface area is 104 Å². The van der Waals surface area contributed by atoms with Gasteiger partial charge in [-0.25, -0.2) is 4.79 Å². The molecule has 92 valence electrons. The van der Waals surface area contributed by atoms with Crippen molar-refractivity contribution in [3.05, 3.63) is 53.0 Å². The van der Waals surface area contributed by atoms with Gasteiger partial charge >= 0.3 is 5.97 Å². The summed E-state index contributed by atoms with van der Waals surface area (Å²) < 4.78 is 16.0. The van der Waals surface area contributed by atoms with Crippen LogP contribution in [0.1, 0.15) is 33.5 Å². The molecule has 0 N–H and O–H groups in total. The van der Waals surface area contributed by atoms with Gasteiger partial charge in [-0.15, -0.1) is 0 Å². The summed E-state index contributed by atoms with van der Waals surface area (Å²) >= 11 is 0. The number of hydrogen-bond donors (Lipinski definition) is 0. The minimum Gasteiger partial charge on any atom is -0.497 e. The van der Waals surface area contributed by atoms with Crippen molar-refractivity contribution >= 4 is 5.97 Å². The van der Waals surface area contributed by atoms with Gasteiger partial charge in [0.05, 0.1) is 12.7 Å². The van der Waals surface area contributed by atoms with Crippen LogP contribution in [0.25, 0.3) is 0 Å². The molecule has 2 heterocycles. The Kier molecular flexibility index (Phi) is 2.37. The summed E-state index contributed by atoms with van der Waals surface area (Å²) in [5.74, 6) is 1.79. The average Bonchev–Trinajstić information content (AvgIpc) is 2.93. The van der Waals surface area contributed by atoms with E-state index in [1.807, 2.05) is 25.1 Å². The minimum absolute atomic E-state index is 0.327. The van der Waals surface area contributed by atoms with Crippen molar-refractivity contribution in [1.29, 1.82) is 0 Å². The smallest absolute Gasteiger partial charge is 0.339 e. The van der Waals surface area contributed by atoms with Crippen LogP contribution in [0.5, 0.6) is 5.75 Å². The average molecular weight is 244 g/mol. The van der Waals surface area contributed by atoms with Crippen molar-refractivity contribution < 1.29 is 18.7 Å². The van der Waals surface area contributed by atoms with Crippen molar-refractivity contribution in [3.63, 3.8) is 0 Å². The zero-order valence-electron chi connectivity index (χ0n) is 10.1. The number of rotatable bonds is 2. The molecular formula is C14H12O4. The molecule has 0 aliphatic carbocycles. The van der Waals surface area contributed by atoms with Gasteiger partial charge in [-0.1, -0.05) is 0 Å². The van der Waals surface area contributed by atoms with Crippen LogP contribution in [0.15, 0.2) is 34.7 Å². The van der Waals surface area contributed by atoms with E-state index in [-0.39, 0.29) is 5.97 Å². The molecule has 2 aromatic rings. The lowest BCUT2D eigenvalue weighted by atomic mass is 10.0. The third-order valence-electron chi connectivity index (χ3n) is 3.01. The number of furan rings is 1. The Morgan fingerprint density at radius 2 is 2.06 bits per heavy atom. The fourth-order valence-corrected chi connectivity index (χ4v) is 2.11. The molecule has 0 spiro atoms. The van der Waals surface area contributed by atoms with Gasteiger partial charge in [-0.3, -0.25) is 0 Å². The van der Waals surface area contributed by atoms with Crippen LogP contribution in [-0.4, -0.2) is 13.1 Å². The summed E-state index contributed by atoms with van der Waals surface area (Å²) in [5.41, 5.74) is 1.35. The lowest BCUT2D eigenvalue weighted by Crippen LogP contribution is -1.99. The van der Waals surface area contributed by atoms with E-state index < -0.39 is 6.10 Å². The number of carbonyl (C=O) groups is 1. The fraction of sp³-hybridized carbons (Fsp3) is 0.214. The molecule has 4 heteroatoms. The van der Waals surface area contributed by atoms with Crippen molar-refractivity contribution in [2.24, 2.45) is 0 Å². The third kappa shape index (κ3) is 1.57. The number of esters is 1. The second-order valence-electron chi connectivity index (χ2n) is 4.19. The van der Waals surface area contributed by atoms with Crippen LogP contribution in [0.2, 0.25) is 0 Å². The number of fused-ring (bicyclic) bond motifs is 1. The van der Waals surface area contributed by atoms with Gasteiger partial charge in [0.25, 0.3) is 0 Å². The Balaban J connectivity index is 2.09. The lowest BCUT2D eigenvalue weighted by Gasteiger charge is -2.08. The summed E-state index contributed by atoms with van der Waals surface area (Å²) in [7, 11) is 1.59. The predicted octanol–water partition coefficient (Wildman–Crippen LogP) is 2.86. The number of cyclic esters (lactones) is 1. The molecule has 0 saturated heterocycles. The van der Waals surface area contributed by atoms with Crippen molar-refractivity contribution in [2.75, 3.05) is 7.11 Å². The largest absolute Gasteiger partial charge is 0.497 e. The van der Waals surface area contributed by atoms with Gasteiger partial charge < -0.3 is 13.9 Å². The van der Waals surface area contributed by atoms with E-state index in [1.165, 1.54) is 0 Å². The molecule has 0 bridgehead atoms. The van der Waals surface area contributed by atoms with Crippen LogP contribution < -0.4 is 4.74 Å². The highest BCUT2D eigenvalue weighted by Crippen LogP contribution is 2.38. The fourth-order valence-electron chi connectivity index (χ4n) is 2.11. The maximum atomic E-state index is 11.8. The summed E-state index contributed by atoms with van der Waals surface area (Å²) in [6.07, 6.45) is -0.476. The number of ether oxygens (including phenoxy) is 2. The van der Waals surface area contributed by atoms with Crippen LogP contribution in [-0.2, 0) is 4.74 Å². The maximum absolute atomic E-state index is 11.8. The molecule has 1 atom stereocenters. The summed E-state index contributed by atoms with van der Waals surface area (Å²) in [5, 5.41) is 0. The molecule has 1 unspecified atom stereocenters. The molecule has 0 radical (unpaired) electrons. The summed E-state index contributed by atoms with van der Waals surface area (Å²) in [6.45, 7) is 1.85. The van der Waals surface area contributed by atoms with Crippen LogP contribution in [0.3, 0.4) is 0 Å². The molecule has 1 aromatic carbocycles. The van der Waals surface area contributed by atoms with Crippen LogP contribution in [0.4, 0.5) is 0 Å². The van der Waals surface area contributed by atoms with Crippen LogP contribution in [0, 0.1) is 6.92 Å². The molecule has 0 saturated carbocycles. The van der Waals surface area contributed by atoms with Gasteiger partial charge in [0.2, 0.25) is 0 Å². The molecular weight excluding hydrogens is 232 g/mol. The van der Waals surface area contributed by atoms with E-state index in [0.717, 1.165) is 11.3 Å². The second kappa shape index (κ2) is 3.91. The van der Waals surface area contributed by atoms with Crippen molar-refractivity contribution in [3.8, 4) is 5.75 Å². The Hall–Kier alpha value is -2.23. The number of hydrogen-bond acceptors (Lipinski definition) is 4. The Bertz CT molecular complexity index is 612. The van der Waals surface area contributed by atoms with Gasteiger partial charge in [0.15, 0.2) is 6.10 Å². The number of aryl methyl sites for hydroxylation is 1. The second-order valence-corrected chi connectivity index (χ2v) is 4.19. The summed E-state index contributed by atoms with van der Waals surface area (Å²) in [6, 6.07) is 8.94. The molecule has 3 rings (SSSR count). The normalized spacial score (nSPS) is 17.4. The highest BCUT2D eigenvalue weighted by Gasteiger charge is 2.34. The zero-order chi connectivity index (χ0) is 12.7. The first-order valence-corrected chi connectivity index (χ1v) is 5.64. The highest BCUT2D eigenvalue weighted by molar-refractivity contribution is 5.94. The monoisotopic (exact) mass is 244 g/mol. The highest BCUT2D eigenvalue weighted by atomic mass is 16.6. The van der Waals surface area contributed by atoms with Gasteiger partial charge in [0.1, 0.15) is 17.3 Å². The van der Waals surface area contributed by atoms with E-state index >= 15 is 0 Å². The van der Waals surface area contributed by atoms with E-state index in [9.17, 15) is 4.79 Å². The zero-order valence-corrected chi connectivity index (χ0v) is 10.1. The predicted molar refractivity (Wildman–Crippen MR) is 63.7 cm³/mol. The van der Waals surface area contributed by atoms with Crippen molar-refractivity contribution in [2.45, 2.75) is 13.0 Å². The molecule has 0 fully saturated rings. The molecule has 18 heavy (non-hydrogen) atoms. The Morgan fingerprint density at radius 1 is 1.22 bits per heavy atom. The van der Waals surface area contributed by atoms with E-state index in [4.69, 9.17) is 13.9 Å². The maximum Gasteiger partial charge on any atom is 0.339 e. The molecule has 1 aliphatic heterocycles. The van der Waals surface area contributed by atoms with E-state index in [2.05, 4.69) is 0 Å². The summed E-state index contributed by atoms with van der Waals surface area (Å²) in [4.78, 5) is 11.8. The molecule has 1 aliphatic rings. The number of methoxy groups -OCH3 is 1. The Morgan fingerprint density at radius 3 is 2.72 bits per heavy atom. The topological polar surface area (TPSA) is 48.7 Å². The van der Waals surface area contributed by atoms with Gasteiger partial charge in [0, 0.05) is 5.56 Å². The molecule has 4 nitrogen and oxygen atoms in total. The standard InChI is InChI=1S/C14H12O4/c1-8-3-6-12(17-8)13-11-7-9(16-2)4-5-10(11)14(15)18-13/h3-7,13H,1-2H3. The number of benzene rings is 1. The van der Waals surface area contributed by atoms with Crippen LogP contribution >= 0.6 is 0 Å². The minimum atomic E-state index is -0.476. The third-order valence-corrected chi connectivity index (χ3v) is 3.01. The quantitative estimate of drug-likeness (QED) is 0.762. The number of carbonyl (C=O) groups excluding carboxylic acids is 1. The lowest BCUT2D eigenvalue weighted by molar-refractivity contribution is 0.0419. The first kappa shape index (κ1) is 10.9. The van der Waals surface area contributed by atoms with Crippen molar-refractivity contribution in [1.82, 2.24) is 0 Å². The van der Waals surface area contributed by atoms with E-state index in [1.54, 1.807) is 19.2 Å². The first-order valence-electron chi connectivity index (χ1n) is 5.64. The van der Waals surface area contributed by atoms with Gasteiger partial charge in [-0.05, 0) is 37.3 Å². The SMILES string of the molecule is COc1ccc2c(c1)C(c1ccc(C)o1)OC2=O. The molecule has 0 amide bonds. The van der Waals surface area contributed by atoms with E-state index in [0.29, 0.717) is 17.1 Å². The van der Waals surface area contributed by atoms with Gasteiger partial charge in [-0.2, -0.15) is 0 Å².